The van der Waals surface area contributed by atoms with Crippen LogP contribution in [0, 0.1) is 0 Å². The van der Waals surface area contributed by atoms with Crippen molar-refractivity contribution in [3.8, 4) is 0 Å². The number of hydrogen-bond acceptors (Lipinski definition) is 1. The van der Waals surface area contributed by atoms with Crippen LogP contribution in [0.3, 0.4) is 0 Å². The summed E-state index contributed by atoms with van der Waals surface area (Å²) in [4.78, 5) is 10.8. The molecule has 0 bridgehead atoms. The first kappa shape index (κ1) is 10.9. The predicted octanol–water partition coefficient (Wildman–Crippen LogP) is 3.23. The minimum Gasteiger partial charge on any atom is -0.481 e. The molecule has 1 aliphatic rings. The summed E-state index contributed by atoms with van der Waals surface area (Å²) >= 11 is 0. The molecule has 0 unspecified atom stereocenters. The van der Waals surface area contributed by atoms with Crippen molar-refractivity contribution in [1.82, 2.24) is 0 Å². The third-order valence-electron chi connectivity index (χ3n) is 3.31. The molecule has 2 rings (SSSR count). The van der Waals surface area contributed by atoms with Gasteiger partial charge < -0.3 is 5.11 Å². The van der Waals surface area contributed by atoms with Crippen LogP contribution in [0.2, 0.25) is 0 Å². The van der Waals surface area contributed by atoms with E-state index in [1.165, 1.54) is 0 Å². The van der Waals surface area contributed by atoms with Gasteiger partial charge in [-0.2, -0.15) is 0 Å². The highest BCUT2D eigenvalue weighted by Crippen LogP contribution is 2.51. The Morgan fingerprint density at radius 2 is 2.19 bits per heavy atom. The molecule has 16 heavy (non-hydrogen) atoms. The number of carboxylic acids is 1. The van der Waals surface area contributed by atoms with E-state index in [4.69, 9.17) is 5.11 Å². The molecular weight excluding hydrogens is 200 g/mol. The minimum atomic E-state index is -0.710. The fourth-order valence-corrected chi connectivity index (χ4v) is 2.12. The number of benzene rings is 1. The Kier molecular flexibility index (Phi) is 2.58. The average molecular weight is 216 g/mol. The van der Waals surface area contributed by atoms with Gasteiger partial charge in [0.25, 0.3) is 0 Å². The van der Waals surface area contributed by atoms with E-state index >= 15 is 0 Å². The highest BCUT2D eigenvalue weighted by atomic mass is 16.4. The van der Waals surface area contributed by atoms with Crippen molar-refractivity contribution < 1.29 is 9.90 Å². The summed E-state index contributed by atoms with van der Waals surface area (Å²) in [5.41, 5.74) is 3.18. The minimum absolute atomic E-state index is 0.0999. The van der Waals surface area contributed by atoms with Crippen molar-refractivity contribution in [2.75, 3.05) is 0 Å². The highest BCUT2D eigenvalue weighted by Gasteiger charge is 2.45. The fourth-order valence-electron chi connectivity index (χ4n) is 2.12. The lowest BCUT2D eigenvalue weighted by Crippen LogP contribution is -2.12. The lowest BCUT2D eigenvalue weighted by molar-refractivity contribution is -0.137. The van der Waals surface area contributed by atoms with Gasteiger partial charge in [0.2, 0.25) is 0 Å². The quantitative estimate of drug-likeness (QED) is 0.839. The van der Waals surface area contributed by atoms with E-state index in [0.717, 1.165) is 29.5 Å². The molecule has 0 atom stereocenters. The second kappa shape index (κ2) is 3.78. The van der Waals surface area contributed by atoms with Crippen LogP contribution in [-0.4, -0.2) is 11.1 Å². The van der Waals surface area contributed by atoms with Gasteiger partial charge in [0.05, 0.1) is 6.42 Å². The maximum atomic E-state index is 10.8. The lowest BCUT2D eigenvalue weighted by atomic mass is 9.90. The lowest BCUT2D eigenvalue weighted by Gasteiger charge is -2.14. The molecule has 0 aliphatic heterocycles. The first-order valence-electron chi connectivity index (χ1n) is 5.52. The summed E-state index contributed by atoms with van der Waals surface area (Å²) in [6.07, 6.45) is 2.21. The number of hydrogen-bond donors (Lipinski definition) is 1. The molecule has 0 amide bonds. The number of allylic oxidation sites excluding steroid dienone is 1. The van der Waals surface area contributed by atoms with Crippen molar-refractivity contribution in [3.05, 3.63) is 42.0 Å². The molecule has 1 aromatic rings. The smallest absolute Gasteiger partial charge is 0.304 e. The van der Waals surface area contributed by atoms with E-state index in [9.17, 15) is 4.79 Å². The van der Waals surface area contributed by atoms with Crippen LogP contribution in [0.4, 0.5) is 0 Å². The SMILES string of the molecule is C=C(C)c1cccc(C2(CC(=O)O)CC2)c1. The fraction of sp³-hybridized carbons (Fsp3) is 0.357. The standard InChI is InChI=1S/C14H16O2/c1-10(2)11-4-3-5-12(8-11)14(6-7-14)9-13(15)16/h3-5,8H,1,6-7,9H2,2H3,(H,15,16). The Morgan fingerprint density at radius 3 is 2.69 bits per heavy atom. The van der Waals surface area contributed by atoms with Crippen LogP contribution in [0.1, 0.15) is 37.3 Å². The number of carboxylic acid groups (broad SMARTS) is 1. The van der Waals surface area contributed by atoms with Crippen molar-refractivity contribution in [3.63, 3.8) is 0 Å². The molecule has 0 radical (unpaired) electrons. The van der Waals surface area contributed by atoms with E-state index < -0.39 is 5.97 Å². The summed E-state index contributed by atoms with van der Waals surface area (Å²) in [5, 5.41) is 8.91. The van der Waals surface area contributed by atoms with E-state index in [1.807, 2.05) is 25.1 Å². The van der Waals surface area contributed by atoms with Crippen molar-refractivity contribution in [2.45, 2.75) is 31.6 Å². The Labute approximate surface area is 95.6 Å². The Morgan fingerprint density at radius 1 is 1.50 bits per heavy atom. The molecule has 1 saturated carbocycles. The normalized spacial score (nSPS) is 16.8. The van der Waals surface area contributed by atoms with Crippen molar-refractivity contribution >= 4 is 11.5 Å². The zero-order chi connectivity index (χ0) is 11.8. The van der Waals surface area contributed by atoms with Gasteiger partial charge in [-0.1, -0.05) is 36.4 Å². The first-order valence-corrected chi connectivity index (χ1v) is 5.52. The Hall–Kier alpha value is -1.57. The van der Waals surface area contributed by atoms with Gasteiger partial charge >= 0.3 is 5.97 Å². The molecule has 2 nitrogen and oxygen atoms in total. The van der Waals surface area contributed by atoms with Gasteiger partial charge in [-0.3, -0.25) is 4.79 Å². The van der Waals surface area contributed by atoms with Crippen LogP contribution in [0.15, 0.2) is 30.8 Å². The van der Waals surface area contributed by atoms with Gasteiger partial charge in [-0.15, -0.1) is 0 Å². The Bertz CT molecular complexity index is 442. The molecule has 1 N–H and O–H groups in total. The summed E-state index contributed by atoms with van der Waals surface area (Å²) in [5.74, 6) is -0.710. The van der Waals surface area contributed by atoms with Crippen LogP contribution in [0.5, 0.6) is 0 Å². The molecule has 0 spiro atoms. The van der Waals surface area contributed by atoms with Crippen LogP contribution < -0.4 is 0 Å². The average Bonchev–Trinajstić information content (AvgIpc) is 2.98. The molecule has 1 aliphatic carbocycles. The maximum absolute atomic E-state index is 10.8. The van der Waals surface area contributed by atoms with Crippen molar-refractivity contribution in [1.29, 1.82) is 0 Å². The van der Waals surface area contributed by atoms with Gasteiger partial charge in [-0.25, -0.2) is 0 Å². The molecule has 84 valence electrons. The molecule has 2 heteroatoms. The van der Waals surface area contributed by atoms with E-state index in [1.54, 1.807) is 0 Å². The molecule has 0 aromatic heterocycles. The van der Waals surface area contributed by atoms with E-state index in [2.05, 4.69) is 12.6 Å². The molecule has 0 saturated heterocycles. The topological polar surface area (TPSA) is 37.3 Å². The zero-order valence-electron chi connectivity index (χ0n) is 9.49. The molecule has 1 fully saturated rings. The summed E-state index contributed by atoms with van der Waals surface area (Å²) in [6, 6.07) is 8.12. The van der Waals surface area contributed by atoms with Gasteiger partial charge in [0.1, 0.15) is 0 Å². The molecule has 0 heterocycles. The number of rotatable bonds is 4. The third-order valence-corrected chi connectivity index (χ3v) is 3.31. The zero-order valence-corrected chi connectivity index (χ0v) is 9.49. The van der Waals surface area contributed by atoms with Crippen LogP contribution >= 0.6 is 0 Å². The maximum Gasteiger partial charge on any atom is 0.304 e. The summed E-state index contributed by atoms with van der Waals surface area (Å²) in [7, 11) is 0. The summed E-state index contributed by atoms with van der Waals surface area (Å²) in [6.45, 7) is 5.88. The number of aliphatic carboxylic acids is 1. The van der Waals surface area contributed by atoms with Gasteiger partial charge in [0, 0.05) is 5.41 Å². The van der Waals surface area contributed by atoms with Gasteiger partial charge in [0.15, 0.2) is 0 Å². The van der Waals surface area contributed by atoms with Crippen LogP contribution in [-0.2, 0) is 10.2 Å². The first-order chi connectivity index (χ1) is 7.53. The number of carbonyl (C=O) groups is 1. The van der Waals surface area contributed by atoms with E-state index in [0.29, 0.717) is 0 Å². The predicted molar refractivity (Wildman–Crippen MR) is 64.3 cm³/mol. The monoisotopic (exact) mass is 216 g/mol. The van der Waals surface area contributed by atoms with Gasteiger partial charge in [-0.05, 0) is 30.9 Å². The van der Waals surface area contributed by atoms with Crippen LogP contribution in [0.25, 0.3) is 5.57 Å². The van der Waals surface area contributed by atoms with Crippen molar-refractivity contribution in [2.24, 2.45) is 0 Å². The second-order valence-corrected chi connectivity index (χ2v) is 4.71. The third kappa shape index (κ3) is 2.01. The highest BCUT2D eigenvalue weighted by molar-refractivity contribution is 5.70. The molecule has 1 aromatic carbocycles. The second-order valence-electron chi connectivity index (χ2n) is 4.71. The molecular formula is C14H16O2. The summed E-state index contributed by atoms with van der Waals surface area (Å²) < 4.78 is 0. The largest absolute Gasteiger partial charge is 0.481 e. The Balaban J connectivity index is 2.30. The van der Waals surface area contributed by atoms with E-state index in [-0.39, 0.29) is 11.8 Å².